The molecule has 1 N–H and O–H groups in total. The Hall–Kier alpha value is -1.20. The van der Waals surface area contributed by atoms with E-state index in [0.717, 1.165) is 25.1 Å². The van der Waals surface area contributed by atoms with Crippen LogP contribution in [0.15, 0.2) is 35.1 Å². The van der Waals surface area contributed by atoms with E-state index in [1.165, 1.54) is 11.6 Å². The van der Waals surface area contributed by atoms with Crippen LogP contribution in [0.1, 0.15) is 11.1 Å². The molecule has 1 heterocycles. The summed E-state index contributed by atoms with van der Waals surface area (Å²) in [4.78, 5) is 0. The molecule has 18 heavy (non-hydrogen) atoms. The van der Waals surface area contributed by atoms with Gasteiger partial charge in [-0.2, -0.15) is 5.10 Å². The summed E-state index contributed by atoms with van der Waals surface area (Å²) in [5.74, 6) is -0.228. The summed E-state index contributed by atoms with van der Waals surface area (Å²) >= 11 is 3.18. The molecule has 0 aliphatic rings. The van der Waals surface area contributed by atoms with E-state index in [9.17, 15) is 4.39 Å². The molecule has 0 amide bonds. The Bertz CT molecular complexity index is 525. The molecule has 0 saturated carbocycles. The molecule has 2 rings (SSSR count). The number of rotatable bonds is 5. The summed E-state index contributed by atoms with van der Waals surface area (Å²) in [6, 6.07) is 5.06. The molecule has 0 atom stereocenters. The van der Waals surface area contributed by atoms with Crippen LogP contribution in [0.4, 0.5) is 4.39 Å². The minimum atomic E-state index is -0.228. The van der Waals surface area contributed by atoms with Gasteiger partial charge in [-0.05, 0) is 52.2 Å². The highest BCUT2D eigenvalue weighted by atomic mass is 79.9. The number of aromatic nitrogens is 2. The zero-order valence-electron chi connectivity index (χ0n) is 10.2. The average Bonchev–Trinajstić information content (AvgIpc) is 2.75. The average molecular weight is 312 g/mol. The molecule has 3 nitrogen and oxygen atoms in total. The van der Waals surface area contributed by atoms with Crippen LogP contribution in [0.5, 0.6) is 0 Å². The monoisotopic (exact) mass is 311 g/mol. The van der Waals surface area contributed by atoms with E-state index in [0.29, 0.717) is 4.47 Å². The Morgan fingerprint density at radius 3 is 2.89 bits per heavy atom. The van der Waals surface area contributed by atoms with E-state index in [2.05, 4.69) is 26.3 Å². The van der Waals surface area contributed by atoms with Crippen LogP contribution in [0.2, 0.25) is 0 Å². The van der Waals surface area contributed by atoms with Gasteiger partial charge >= 0.3 is 0 Å². The summed E-state index contributed by atoms with van der Waals surface area (Å²) in [5, 5.41) is 7.44. The topological polar surface area (TPSA) is 29.9 Å². The summed E-state index contributed by atoms with van der Waals surface area (Å²) < 4.78 is 15.3. The third-order valence-electron chi connectivity index (χ3n) is 2.66. The number of aryl methyl sites for hydroxylation is 1. The Morgan fingerprint density at radius 2 is 2.22 bits per heavy atom. The standard InChI is InChI=1S/C13H15BrFN3/c1-18-9-11(8-17-18)4-5-16-7-10-2-3-13(15)12(14)6-10/h2-3,6,8-9,16H,4-5,7H2,1H3. The first-order valence-corrected chi connectivity index (χ1v) is 6.56. The van der Waals surface area contributed by atoms with Gasteiger partial charge in [0.15, 0.2) is 0 Å². The van der Waals surface area contributed by atoms with Crippen LogP contribution in [-0.4, -0.2) is 16.3 Å². The zero-order valence-corrected chi connectivity index (χ0v) is 11.7. The number of nitrogens with zero attached hydrogens (tertiary/aromatic N) is 2. The maximum absolute atomic E-state index is 13.0. The van der Waals surface area contributed by atoms with Crippen molar-refractivity contribution in [1.29, 1.82) is 0 Å². The molecular formula is C13H15BrFN3. The van der Waals surface area contributed by atoms with Gasteiger partial charge in [0, 0.05) is 19.8 Å². The number of halogens is 2. The normalized spacial score (nSPS) is 10.8. The quantitative estimate of drug-likeness (QED) is 0.860. The predicted octanol–water partition coefficient (Wildman–Crippen LogP) is 2.65. The molecule has 0 spiro atoms. The molecule has 2 aromatic rings. The van der Waals surface area contributed by atoms with Crippen molar-refractivity contribution in [3.63, 3.8) is 0 Å². The van der Waals surface area contributed by atoms with Crippen LogP contribution in [-0.2, 0) is 20.0 Å². The Morgan fingerprint density at radius 1 is 1.39 bits per heavy atom. The van der Waals surface area contributed by atoms with Gasteiger partial charge in [0.2, 0.25) is 0 Å². The minimum Gasteiger partial charge on any atom is -0.312 e. The minimum absolute atomic E-state index is 0.228. The molecule has 0 bridgehead atoms. The molecular weight excluding hydrogens is 297 g/mol. The van der Waals surface area contributed by atoms with Gasteiger partial charge in [0.25, 0.3) is 0 Å². The lowest BCUT2D eigenvalue weighted by Gasteiger charge is -2.05. The van der Waals surface area contributed by atoms with Gasteiger partial charge in [-0.1, -0.05) is 6.07 Å². The van der Waals surface area contributed by atoms with Crippen LogP contribution in [0, 0.1) is 5.82 Å². The van der Waals surface area contributed by atoms with E-state index in [1.807, 2.05) is 19.4 Å². The molecule has 0 aliphatic heterocycles. The number of benzene rings is 1. The van der Waals surface area contributed by atoms with E-state index < -0.39 is 0 Å². The fraction of sp³-hybridized carbons (Fsp3) is 0.308. The van der Waals surface area contributed by atoms with E-state index in [-0.39, 0.29) is 5.82 Å². The Kier molecular flexibility index (Phi) is 4.49. The summed E-state index contributed by atoms with van der Waals surface area (Å²) in [7, 11) is 1.91. The lowest BCUT2D eigenvalue weighted by molar-refractivity contribution is 0.618. The lowest BCUT2D eigenvalue weighted by Crippen LogP contribution is -2.16. The zero-order chi connectivity index (χ0) is 13.0. The van der Waals surface area contributed by atoms with Crippen LogP contribution >= 0.6 is 15.9 Å². The van der Waals surface area contributed by atoms with Crippen molar-refractivity contribution >= 4 is 15.9 Å². The number of hydrogen-bond donors (Lipinski definition) is 1. The number of nitrogens with one attached hydrogen (secondary N) is 1. The Balaban J connectivity index is 1.76. The maximum atomic E-state index is 13.0. The van der Waals surface area contributed by atoms with E-state index in [1.54, 1.807) is 16.8 Å². The molecule has 0 unspecified atom stereocenters. The van der Waals surface area contributed by atoms with Crippen molar-refractivity contribution in [2.24, 2.45) is 7.05 Å². The summed E-state index contributed by atoms with van der Waals surface area (Å²) in [5.41, 5.74) is 2.28. The SMILES string of the molecule is Cn1cc(CCNCc2ccc(F)c(Br)c2)cn1. The molecule has 0 saturated heterocycles. The van der Waals surface area contributed by atoms with Gasteiger partial charge in [0.1, 0.15) is 5.82 Å². The lowest BCUT2D eigenvalue weighted by atomic mass is 10.2. The van der Waals surface area contributed by atoms with Crippen LogP contribution in [0.25, 0.3) is 0 Å². The summed E-state index contributed by atoms with van der Waals surface area (Å²) in [6.07, 6.45) is 4.82. The first-order valence-electron chi connectivity index (χ1n) is 5.77. The number of hydrogen-bond acceptors (Lipinski definition) is 2. The third-order valence-corrected chi connectivity index (χ3v) is 3.27. The maximum Gasteiger partial charge on any atom is 0.137 e. The molecule has 96 valence electrons. The molecule has 1 aromatic carbocycles. The van der Waals surface area contributed by atoms with Gasteiger partial charge in [-0.25, -0.2) is 4.39 Å². The highest BCUT2D eigenvalue weighted by Gasteiger charge is 2.00. The smallest absolute Gasteiger partial charge is 0.137 e. The molecule has 0 fully saturated rings. The van der Waals surface area contributed by atoms with Gasteiger partial charge in [0.05, 0.1) is 10.7 Å². The van der Waals surface area contributed by atoms with Crippen molar-refractivity contribution in [3.05, 3.63) is 52.0 Å². The Labute approximate surface area is 114 Å². The van der Waals surface area contributed by atoms with E-state index in [4.69, 9.17) is 0 Å². The second-order valence-electron chi connectivity index (χ2n) is 4.20. The fourth-order valence-corrected chi connectivity index (χ4v) is 2.14. The van der Waals surface area contributed by atoms with Gasteiger partial charge in [-0.3, -0.25) is 4.68 Å². The first-order chi connectivity index (χ1) is 8.65. The third kappa shape index (κ3) is 3.65. The highest BCUT2D eigenvalue weighted by molar-refractivity contribution is 9.10. The molecule has 0 aliphatic carbocycles. The second kappa shape index (κ2) is 6.11. The van der Waals surface area contributed by atoms with Crippen LogP contribution in [0.3, 0.4) is 0 Å². The molecule has 0 radical (unpaired) electrons. The fourth-order valence-electron chi connectivity index (χ4n) is 1.72. The van der Waals surface area contributed by atoms with Crippen molar-refractivity contribution in [2.75, 3.05) is 6.54 Å². The highest BCUT2D eigenvalue weighted by Crippen LogP contribution is 2.16. The summed E-state index contributed by atoms with van der Waals surface area (Å²) in [6.45, 7) is 1.61. The van der Waals surface area contributed by atoms with Crippen molar-refractivity contribution < 1.29 is 4.39 Å². The second-order valence-corrected chi connectivity index (χ2v) is 5.05. The van der Waals surface area contributed by atoms with Crippen molar-refractivity contribution in [3.8, 4) is 0 Å². The van der Waals surface area contributed by atoms with Crippen molar-refractivity contribution in [2.45, 2.75) is 13.0 Å². The van der Waals surface area contributed by atoms with E-state index >= 15 is 0 Å². The van der Waals surface area contributed by atoms with Gasteiger partial charge in [-0.15, -0.1) is 0 Å². The molecule has 5 heteroatoms. The van der Waals surface area contributed by atoms with Crippen LogP contribution < -0.4 is 5.32 Å². The van der Waals surface area contributed by atoms with Gasteiger partial charge < -0.3 is 5.32 Å². The van der Waals surface area contributed by atoms with Crippen molar-refractivity contribution in [1.82, 2.24) is 15.1 Å². The molecule has 1 aromatic heterocycles. The first kappa shape index (κ1) is 13.2. The predicted molar refractivity (Wildman–Crippen MR) is 72.7 cm³/mol. The largest absolute Gasteiger partial charge is 0.312 e.